The van der Waals surface area contributed by atoms with E-state index < -0.39 is 0 Å². The van der Waals surface area contributed by atoms with E-state index in [0.717, 1.165) is 12.0 Å². The van der Waals surface area contributed by atoms with Crippen LogP contribution in [0.4, 0.5) is 0 Å². The van der Waals surface area contributed by atoms with E-state index in [4.69, 9.17) is 0 Å². The molecule has 1 N–H and O–H groups in total. The van der Waals surface area contributed by atoms with Gasteiger partial charge in [-0.2, -0.15) is 0 Å². The number of nitrogens with zero attached hydrogens (tertiary/aromatic N) is 1. The Morgan fingerprint density at radius 2 is 2.08 bits per heavy atom. The highest BCUT2D eigenvalue weighted by Crippen LogP contribution is 2.25. The molecule has 2 nitrogen and oxygen atoms in total. The van der Waals surface area contributed by atoms with Gasteiger partial charge in [0.1, 0.15) is 0 Å². The summed E-state index contributed by atoms with van der Waals surface area (Å²) in [6, 6.07) is 0.876. The van der Waals surface area contributed by atoms with Crippen LogP contribution in [0.1, 0.15) is 32.1 Å². The molecule has 2 heteroatoms. The third-order valence-electron chi connectivity index (χ3n) is 3.71. The maximum absolute atomic E-state index is 3.53. The van der Waals surface area contributed by atoms with Crippen LogP contribution in [0, 0.1) is 5.92 Å². The number of rotatable bonds is 1. The van der Waals surface area contributed by atoms with Crippen LogP contribution >= 0.6 is 0 Å². The second kappa shape index (κ2) is 4.43. The molecular weight excluding hydrogens is 160 g/mol. The van der Waals surface area contributed by atoms with Gasteiger partial charge in [-0.25, -0.2) is 0 Å². The van der Waals surface area contributed by atoms with Crippen molar-refractivity contribution < 1.29 is 0 Å². The smallest absolute Gasteiger partial charge is 0.0133 e. The van der Waals surface area contributed by atoms with Crippen molar-refractivity contribution in [2.24, 2.45) is 5.92 Å². The van der Waals surface area contributed by atoms with Gasteiger partial charge in [0.2, 0.25) is 0 Å². The molecule has 0 radical (unpaired) electrons. The Labute approximate surface area is 81.7 Å². The van der Waals surface area contributed by atoms with Crippen molar-refractivity contribution in [3.8, 4) is 0 Å². The fourth-order valence-corrected chi connectivity index (χ4v) is 2.90. The molecule has 0 bridgehead atoms. The van der Waals surface area contributed by atoms with Crippen molar-refractivity contribution in [2.45, 2.75) is 38.1 Å². The lowest BCUT2D eigenvalue weighted by Gasteiger charge is -2.40. The lowest BCUT2D eigenvalue weighted by Crippen LogP contribution is -2.46. The van der Waals surface area contributed by atoms with E-state index in [1.165, 1.54) is 51.7 Å². The topological polar surface area (TPSA) is 15.3 Å². The SMILES string of the molecule is CN1CCCC[C@@H]1[C@@H]1CCCNC1. The van der Waals surface area contributed by atoms with Gasteiger partial charge >= 0.3 is 0 Å². The first-order chi connectivity index (χ1) is 6.38. The van der Waals surface area contributed by atoms with E-state index in [1.54, 1.807) is 0 Å². The molecule has 2 aliphatic heterocycles. The molecule has 2 heterocycles. The minimum atomic E-state index is 0.876. The molecule has 0 aromatic heterocycles. The highest BCUT2D eigenvalue weighted by molar-refractivity contribution is 4.84. The van der Waals surface area contributed by atoms with E-state index in [1.807, 2.05) is 0 Å². The van der Waals surface area contributed by atoms with Gasteiger partial charge in [-0.15, -0.1) is 0 Å². The molecule has 2 saturated heterocycles. The van der Waals surface area contributed by atoms with Gasteiger partial charge in [0.25, 0.3) is 0 Å². The van der Waals surface area contributed by atoms with Crippen LogP contribution < -0.4 is 5.32 Å². The van der Waals surface area contributed by atoms with Crippen molar-refractivity contribution in [1.82, 2.24) is 10.2 Å². The second-order valence-electron chi connectivity index (χ2n) is 4.65. The molecule has 2 atom stereocenters. The molecule has 0 aromatic rings. The number of piperidine rings is 2. The first-order valence-electron chi connectivity index (χ1n) is 5.79. The Balaban J connectivity index is 1.88. The maximum Gasteiger partial charge on any atom is 0.0133 e. The van der Waals surface area contributed by atoms with E-state index in [9.17, 15) is 0 Å². The summed E-state index contributed by atoms with van der Waals surface area (Å²) < 4.78 is 0. The zero-order valence-corrected chi connectivity index (χ0v) is 8.76. The van der Waals surface area contributed by atoms with Crippen LogP contribution in [0.15, 0.2) is 0 Å². The third kappa shape index (κ3) is 2.23. The zero-order chi connectivity index (χ0) is 9.10. The molecule has 0 amide bonds. The summed E-state index contributed by atoms with van der Waals surface area (Å²) in [5.74, 6) is 0.930. The van der Waals surface area contributed by atoms with Crippen LogP contribution in [0.2, 0.25) is 0 Å². The first kappa shape index (κ1) is 9.47. The number of hydrogen-bond donors (Lipinski definition) is 1. The summed E-state index contributed by atoms with van der Waals surface area (Å²) in [7, 11) is 2.30. The molecule has 76 valence electrons. The molecule has 0 aromatic carbocycles. The van der Waals surface area contributed by atoms with Crippen molar-refractivity contribution in [2.75, 3.05) is 26.7 Å². The Kier molecular flexibility index (Phi) is 3.23. The summed E-state index contributed by atoms with van der Waals surface area (Å²) in [5.41, 5.74) is 0. The molecule has 2 rings (SSSR count). The Bertz CT molecular complexity index is 152. The molecule has 13 heavy (non-hydrogen) atoms. The van der Waals surface area contributed by atoms with Crippen molar-refractivity contribution in [3.63, 3.8) is 0 Å². The molecule has 0 aliphatic carbocycles. The Morgan fingerprint density at radius 1 is 1.15 bits per heavy atom. The summed E-state index contributed by atoms with van der Waals surface area (Å²) in [6.07, 6.45) is 7.12. The first-order valence-corrected chi connectivity index (χ1v) is 5.79. The van der Waals surface area contributed by atoms with Gasteiger partial charge in [-0.1, -0.05) is 6.42 Å². The molecule has 2 aliphatic rings. The fourth-order valence-electron chi connectivity index (χ4n) is 2.90. The van der Waals surface area contributed by atoms with Crippen LogP contribution in [-0.2, 0) is 0 Å². The van der Waals surface area contributed by atoms with E-state index in [0.29, 0.717) is 0 Å². The Hall–Kier alpha value is -0.0800. The van der Waals surface area contributed by atoms with E-state index in [-0.39, 0.29) is 0 Å². The van der Waals surface area contributed by atoms with Crippen molar-refractivity contribution >= 4 is 0 Å². The van der Waals surface area contributed by atoms with Gasteiger partial charge in [-0.05, 0) is 58.3 Å². The molecule has 0 saturated carbocycles. The summed E-state index contributed by atoms with van der Waals surface area (Å²) in [6.45, 7) is 3.82. The standard InChI is InChI=1S/C11H22N2/c1-13-8-3-2-6-11(13)10-5-4-7-12-9-10/h10-12H,2-9H2,1H3/t10-,11-/m1/s1. The summed E-state index contributed by atoms with van der Waals surface area (Å²) >= 11 is 0. The van der Waals surface area contributed by atoms with Gasteiger partial charge in [0, 0.05) is 6.04 Å². The third-order valence-corrected chi connectivity index (χ3v) is 3.71. The van der Waals surface area contributed by atoms with Gasteiger partial charge in [0.15, 0.2) is 0 Å². The highest BCUT2D eigenvalue weighted by Gasteiger charge is 2.28. The largest absolute Gasteiger partial charge is 0.316 e. The van der Waals surface area contributed by atoms with Crippen LogP contribution in [0.5, 0.6) is 0 Å². The molecule has 0 spiro atoms. The predicted molar refractivity (Wildman–Crippen MR) is 55.9 cm³/mol. The Morgan fingerprint density at radius 3 is 2.77 bits per heavy atom. The van der Waals surface area contributed by atoms with Gasteiger partial charge in [-0.3, -0.25) is 0 Å². The lowest BCUT2D eigenvalue weighted by atomic mass is 9.86. The minimum absolute atomic E-state index is 0.876. The number of likely N-dealkylation sites (tertiary alicyclic amines) is 1. The number of nitrogens with one attached hydrogen (secondary N) is 1. The predicted octanol–water partition coefficient (Wildman–Crippen LogP) is 1.47. The molecule has 0 unspecified atom stereocenters. The summed E-state index contributed by atoms with van der Waals surface area (Å²) in [5, 5.41) is 3.53. The molecule has 2 fully saturated rings. The number of hydrogen-bond acceptors (Lipinski definition) is 2. The van der Waals surface area contributed by atoms with Crippen LogP contribution in [0.3, 0.4) is 0 Å². The summed E-state index contributed by atoms with van der Waals surface area (Å²) in [4.78, 5) is 2.58. The zero-order valence-electron chi connectivity index (χ0n) is 8.76. The quantitative estimate of drug-likeness (QED) is 0.660. The van der Waals surface area contributed by atoms with E-state index in [2.05, 4.69) is 17.3 Å². The van der Waals surface area contributed by atoms with E-state index >= 15 is 0 Å². The van der Waals surface area contributed by atoms with Gasteiger partial charge in [0.05, 0.1) is 0 Å². The van der Waals surface area contributed by atoms with Crippen molar-refractivity contribution in [3.05, 3.63) is 0 Å². The fraction of sp³-hybridized carbons (Fsp3) is 1.00. The van der Waals surface area contributed by atoms with Crippen LogP contribution in [0.25, 0.3) is 0 Å². The van der Waals surface area contributed by atoms with Crippen molar-refractivity contribution in [1.29, 1.82) is 0 Å². The second-order valence-corrected chi connectivity index (χ2v) is 4.65. The lowest BCUT2D eigenvalue weighted by molar-refractivity contribution is 0.113. The molecular formula is C11H22N2. The average Bonchev–Trinajstić information content (AvgIpc) is 2.20. The monoisotopic (exact) mass is 182 g/mol. The normalized spacial score (nSPS) is 37.6. The highest BCUT2D eigenvalue weighted by atomic mass is 15.1. The van der Waals surface area contributed by atoms with Gasteiger partial charge < -0.3 is 10.2 Å². The average molecular weight is 182 g/mol. The maximum atomic E-state index is 3.53. The van der Waals surface area contributed by atoms with Crippen LogP contribution in [-0.4, -0.2) is 37.6 Å². The minimum Gasteiger partial charge on any atom is -0.316 e.